The van der Waals surface area contributed by atoms with Crippen LogP contribution in [0.4, 0.5) is 0 Å². The molecule has 1 aromatic carbocycles. The molecule has 1 aromatic heterocycles. The number of benzene rings is 1. The normalized spacial score (nSPS) is 10.2. The molecule has 0 aliphatic rings. The highest BCUT2D eigenvalue weighted by molar-refractivity contribution is 5.38. The van der Waals surface area contributed by atoms with Gasteiger partial charge in [-0.15, -0.1) is 0 Å². The number of nitrogens with zero attached hydrogens (tertiary/aromatic N) is 2. The molecule has 0 aliphatic heterocycles. The molecule has 5 heteroatoms. The van der Waals surface area contributed by atoms with Crippen LogP contribution in [-0.4, -0.2) is 24.2 Å². The maximum Gasteiger partial charge on any atom is 0.122 e. The van der Waals surface area contributed by atoms with Crippen molar-refractivity contribution < 1.29 is 9.47 Å². The number of ether oxygens (including phenoxy) is 2. The Kier molecular flexibility index (Phi) is 4.69. The molecule has 19 heavy (non-hydrogen) atoms. The van der Waals surface area contributed by atoms with Crippen molar-refractivity contribution in [2.24, 2.45) is 0 Å². The minimum absolute atomic E-state index is 0.696. The molecule has 1 N–H and O–H groups in total. The fourth-order valence-corrected chi connectivity index (χ4v) is 1.73. The Labute approximate surface area is 112 Å². The van der Waals surface area contributed by atoms with E-state index in [1.54, 1.807) is 26.7 Å². The van der Waals surface area contributed by atoms with Crippen LogP contribution in [0.5, 0.6) is 11.5 Å². The molecule has 0 saturated carbocycles. The van der Waals surface area contributed by atoms with Crippen molar-refractivity contribution >= 4 is 0 Å². The molecule has 5 nitrogen and oxygen atoms in total. The zero-order valence-electron chi connectivity index (χ0n) is 11.1. The summed E-state index contributed by atoms with van der Waals surface area (Å²) in [6, 6.07) is 7.71. The topological polar surface area (TPSA) is 56.3 Å². The largest absolute Gasteiger partial charge is 0.497 e. The average molecular weight is 259 g/mol. The highest BCUT2D eigenvalue weighted by atomic mass is 16.5. The summed E-state index contributed by atoms with van der Waals surface area (Å²) in [6.45, 7) is 1.42. The van der Waals surface area contributed by atoms with E-state index in [0.29, 0.717) is 6.54 Å². The number of hydrogen-bond donors (Lipinski definition) is 1. The van der Waals surface area contributed by atoms with Gasteiger partial charge < -0.3 is 14.8 Å². The number of methoxy groups -OCH3 is 2. The van der Waals surface area contributed by atoms with Gasteiger partial charge in [-0.25, -0.2) is 9.97 Å². The first kappa shape index (κ1) is 13.3. The van der Waals surface area contributed by atoms with Crippen LogP contribution in [0.2, 0.25) is 0 Å². The Balaban J connectivity index is 1.95. The molecular weight excluding hydrogens is 242 g/mol. The molecule has 0 fully saturated rings. The van der Waals surface area contributed by atoms with Gasteiger partial charge in [0.15, 0.2) is 0 Å². The summed E-state index contributed by atoms with van der Waals surface area (Å²) in [6.07, 6.45) is 3.28. The van der Waals surface area contributed by atoms with Gasteiger partial charge in [-0.1, -0.05) is 0 Å². The third-order valence-corrected chi connectivity index (χ3v) is 2.69. The molecule has 0 saturated heterocycles. The first-order valence-electron chi connectivity index (χ1n) is 5.99. The molecular formula is C14H17N3O2. The van der Waals surface area contributed by atoms with Gasteiger partial charge in [0.05, 0.1) is 19.9 Å². The van der Waals surface area contributed by atoms with Crippen molar-refractivity contribution in [3.05, 3.63) is 48.0 Å². The molecule has 0 amide bonds. The van der Waals surface area contributed by atoms with Crippen molar-refractivity contribution in [3.63, 3.8) is 0 Å². The van der Waals surface area contributed by atoms with E-state index in [1.807, 2.05) is 24.3 Å². The van der Waals surface area contributed by atoms with E-state index < -0.39 is 0 Å². The fourth-order valence-electron chi connectivity index (χ4n) is 1.73. The molecule has 0 radical (unpaired) electrons. The molecule has 2 aromatic rings. The van der Waals surface area contributed by atoms with Gasteiger partial charge in [-0.3, -0.25) is 0 Å². The maximum absolute atomic E-state index is 5.23. The van der Waals surface area contributed by atoms with Gasteiger partial charge in [0.2, 0.25) is 0 Å². The van der Waals surface area contributed by atoms with Gasteiger partial charge in [0.25, 0.3) is 0 Å². The molecule has 0 atom stereocenters. The third kappa shape index (κ3) is 3.93. The highest BCUT2D eigenvalue weighted by Crippen LogP contribution is 2.22. The van der Waals surface area contributed by atoms with Gasteiger partial charge in [0, 0.05) is 25.4 Å². The molecule has 1 heterocycles. The van der Waals surface area contributed by atoms with Crippen molar-refractivity contribution in [2.45, 2.75) is 13.1 Å². The Morgan fingerprint density at radius 1 is 1.05 bits per heavy atom. The standard InChI is InChI=1S/C14H17N3O2/c1-18-13-5-11(6-14(7-13)19-2)8-16-9-12-3-4-15-10-17-12/h3-7,10,16H,8-9H2,1-2H3. The van der Waals surface area contributed by atoms with E-state index in [9.17, 15) is 0 Å². The van der Waals surface area contributed by atoms with E-state index in [4.69, 9.17) is 9.47 Å². The molecule has 0 unspecified atom stereocenters. The van der Waals surface area contributed by atoms with E-state index in [2.05, 4.69) is 15.3 Å². The van der Waals surface area contributed by atoms with E-state index in [-0.39, 0.29) is 0 Å². The second-order valence-electron chi connectivity index (χ2n) is 4.03. The van der Waals surface area contributed by atoms with Crippen molar-refractivity contribution in [1.82, 2.24) is 15.3 Å². The summed E-state index contributed by atoms with van der Waals surface area (Å²) in [5.41, 5.74) is 2.06. The summed E-state index contributed by atoms with van der Waals surface area (Å²) in [5, 5.41) is 3.32. The molecule has 0 spiro atoms. The van der Waals surface area contributed by atoms with Crippen molar-refractivity contribution in [1.29, 1.82) is 0 Å². The highest BCUT2D eigenvalue weighted by Gasteiger charge is 2.02. The summed E-state index contributed by atoms with van der Waals surface area (Å²) in [4.78, 5) is 8.04. The van der Waals surface area contributed by atoms with Gasteiger partial charge in [-0.2, -0.15) is 0 Å². The smallest absolute Gasteiger partial charge is 0.122 e. The molecule has 2 rings (SSSR count). The van der Waals surface area contributed by atoms with Crippen LogP contribution in [0.3, 0.4) is 0 Å². The van der Waals surface area contributed by atoms with Crippen LogP contribution in [0.15, 0.2) is 36.8 Å². The zero-order valence-corrected chi connectivity index (χ0v) is 11.1. The van der Waals surface area contributed by atoms with Crippen LogP contribution in [0.25, 0.3) is 0 Å². The Morgan fingerprint density at radius 3 is 2.37 bits per heavy atom. The van der Waals surface area contributed by atoms with Crippen molar-refractivity contribution in [3.8, 4) is 11.5 Å². The first-order valence-corrected chi connectivity index (χ1v) is 5.99. The van der Waals surface area contributed by atoms with Crippen LogP contribution >= 0.6 is 0 Å². The van der Waals surface area contributed by atoms with E-state index >= 15 is 0 Å². The summed E-state index contributed by atoms with van der Waals surface area (Å²) in [7, 11) is 3.29. The fraction of sp³-hybridized carbons (Fsp3) is 0.286. The maximum atomic E-state index is 5.23. The zero-order chi connectivity index (χ0) is 13.5. The summed E-state index contributed by atoms with van der Waals surface area (Å²) < 4.78 is 10.5. The van der Waals surface area contributed by atoms with Crippen LogP contribution < -0.4 is 14.8 Å². The lowest BCUT2D eigenvalue weighted by molar-refractivity contribution is 0.393. The minimum Gasteiger partial charge on any atom is -0.497 e. The molecule has 100 valence electrons. The van der Waals surface area contributed by atoms with Crippen LogP contribution in [-0.2, 0) is 13.1 Å². The predicted octanol–water partition coefficient (Wildman–Crippen LogP) is 1.78. The lowest BCUT2D eigenvalue weighted by Gasteiger charge is -2.09. The monoisotopic (exact) mass is 259 g/mol. The minimum atomic E-state index is 0.696. The van der Waals surface area contributed by atoms with Gasteiger partial charge in [0.1, 0.15) is 17.8 Å². The Hall–Kier alpha value is -2.14. The van der Waals surface area contributed by atoms with Crippen LogP contribution in [0.1, 0.15) is 11.3 Å². The second kappa shape index (κ2) is 6.70. The Bertz CT molecular complexity index is 495. The molecule has 0 aliphatic carbocycles. The summed E-state index contributed by atoms with van der Waals surface area (Å²) in [5.74, 6) is 1.58. The van der Waals surface area contributed by atoms with Gasteiger partial charge in [-0.05, 0) is 23.8 Å². The SMILES string of the molecule is COc1cc(CNCc2ccncn2)cc(OC)c1. The average Bonchev–Trinajstić information content (AvgIpc) is 2.48. The third-order valence-electron chi connectivity index (χ3n) is 2.69. The number of rotatable bonds is 6. The summed E-state index contributed by atoms with van der Waals surface area (Å²) >= 11 is 0. The van der Waals surface area contributed by atoms with E-state index in [1.165, 1.54) is 0 Å². The first-order chi connectivity index (χ1) is 9.31. The van der Waals surface area contributed by atoms with Crippen molar-refractivity contribution in [2.75, 3.05) is 14.2 Å². The van der Waals surface area contributed by atoms with E-state index in [0.717, 1.165) is 29.3 Å². The van der Waals surface area contributed by atoms with Crippen LogP contribution in [0, 0.1) is 0 Å². The predicted molar refractivity (Wildman–Crippen MR) is 72.1 cm³/mol. The Morgan fingerprint density at radius 2 is 1.79 bits per heavy atom. The second-order valence-corrected chi connectivity index (χ2v) is 4.03. The number of aromatic nitrogens is 2. The van der Waals surface area contributed by atoms with Gasteiger partial charge >= 0.3 is 0 Å². The number of nitrogens with one attached hydrogen (secondary N) is 1. The quantitative estimate of drug-likeness (QED) is 0.857. The molecule has 0 bridgehead atoms. The lowest BCUT2D eigenvalue weighted by Crippen LogP contribution is -2.13. The lowest BCUT2D eigenvalue weighted by atomic mass is 10.2. The number of hydrogen-bond acceptors (Lipinski definition) is 5.